The Labute approximate surface area is 166 Å². The van der Waals surface area contributed by atoms with E-state index in [1.807, 2.05) is 20.8 Å². The van der Waals surface area contributed by atoms with Crippen molar-refractivity contribution >= 4 is 17.6 Å². The molecule has 162 valence electrons. The first-order valence-corrected chi connectivity index (χ1v) is 13.7. The van der Waals surface area contributed by atoms with E-state index in [4.69, 9.17) is 36.0 Å². The summed E-state index contributed by atoms with van der Waals surface area (Å²) in [5, 5.41) is 0. The van der Waals surface area contributed by atoms with Gasteiger partial charge in [0.2, 0.25) is 0 Å². The molecule has 0 aliphatic carbocycles. The summed E-state index contributed by atoms with van der Waals surface area (Å²) in [5.41, 5.74) is 0. The lowest BCUT2D eigenvalue weighted by molar-refractivity contribution is 0.0702. The van der Waals surface area contributed by atoms with Gasteiger partial charge in [-0.15, -0.1) is 0 Å². The minimum Gasteiger partial charge on any atom is -0.377 e. The highest BCUT2D eigenvalue weighted by Gasteiger charge is 2.42. The molecule has 0 aromatic heterocycles. The fourth-order valence-electron chi connectivity index (χ4n) is 2.70. The van der Waals surface area contributed by atoms with Crippen LogP contribution in [0.1, 0.15) is 33.6 Å². The van der Waals surface area contributed by atoms with E-state index >= 15 is 0 Å². The molecule has 0 spiro atoms. The normalized spacial score (nSPS) is 21.6. The lowest BCUT2D eigenvalue weighted by Crippen LogP contribution is -2.46. The molecule has 0 aromatic carbocycles. The zero-order valence-electron chi connectivity index (χ0n) is 17.8. The van der Waals surface area contributed by atoms with Crippen LogP contribution in [-0.4, -0.2) is 84.2 Å². The van der Waals surface area contributed by atoms with Crippen LogP contribution < -0.4 is 0 Å². The van der Waals surface area contributed by atoms with Crippen LogP contribution in [0.3, 0.4) is 0 Å². The van der Waals surface area contributed by atoms with E-state index in [1.165, 1.54) is 0 Å². The third kappa shape index (κ3) is 9.93. The molecule has 0 amide bonds. The molecule has 2 aliphatic heterocycles. The monoisotopic (exact) mass is 426 g/mol. The summed E-state index contributed by atoms with van der Waals surface area (Å²) < 4.78 is 43.2. The topological polar surface area (TPSA) is 80.4 Å². The summed E-state index contributed by atoms with van der Waals surface area (Å²) in [7, 11) is 0.177. The Morgan fingerprint density at radius 1 is 0.667 bits per heavy atom. The number of ether oxygens (including phenoxy) is 2. The predicted octanol–water partition coefficient (Wildman–Crippen LogP) is 2.48. The van der Waals surface area contributed by atoms with Crippen LogP contribution in [0, 0.1) is 0 Å². The second kappa shape index (κ2) is 13.4. The van der Waals surface area contributed by atoms with Gasteiger partial charge in [-0.25, -0.2) is 0 Å². The van der Waals surface area contributed by atoms with Gasteiger partial charge in [0.25, 0.3) is 0 Å². The molecule has 2 unspecified atom stereocenters. The maximum absolute atomic E-state index is 5.73. The molecule has 0 radical (unpaired) electrons. The van der Waals surface area contributed by atoms with Crippen molar-refractivity contribution in [3.63, 3.8) is 0 Å². The summed E-state index contributed by atoms with van der Waals surface area (Å²) in [6, 6.07) is 1.70. The Hall–Kier alpha value is 0.114. The zero-order chi connectivity index (χ0) is 20.2. The molecule has 0 aromatic rings. The second-order valence-electron chi connectivity index (χ2n) is 6.27. The highest BCUT2D eigenvalue weighted by molar-refractivity contribution is 6.61. The van der Waals surface area contributed by atoms with Crippen molar-refractivity contribution < 1.29 is 36.0 Å². The Balaban J connectivity index is 0.000000277. The fraction of sp³-hybridized carbons (Fsp3) is 1.00. The van der Waals surface area contributed by atoms with Crippen LogP contribution in [0.5, 0.6) is 0 Å². The molecule has 2 rings (SSSR count). The summed E-state index contributed by atoms with van der Waals surface area (Å²) in [6.07, 6.45) is 2.80. The van der Waals surface area contributed by atoms with Crippen molar-refractivity contribution in [2.75, 3.05) is 54.4 Å². The van der Waals surface area contributed by atoms with Gasteiger partial charge in [-0.2, -0.15) is 0 Å². The largest absolute Gasteiger partial charge is 0.501 e. The van der Waals surface area contributed by atoms with E-state index in [-0.39, 0.29) is 0 Å². The van der Waals surface area contributed by atoms with E-state index in [0.29, 0.717) is 32.0 Å². The molecule has 10 heteroatoms. The third-order valence-corrected chi connectivity index (χ3v) is 10.2. The lowest BCUT2D eigenvalue weighted by atomic mass is 10.4. The van der Waals surface area contributed by atoms with Crippen molar-refractivity contribution in [1.82, 2.24) is 0 Å². The first kappa shape index (κ1) is 25.2. The molecule has 2 aliphatic rings. The molecule has 2 fully saturated rings. The molecule has 2 heterocycles. The van der Waals surface area contributed by atoms with E-state index < -0.39 is 17.6 Å². The number of epoxide rings is 2. The standard InChI is InChI=1S/C10H22O4Si.C7H16O4Si/c1-4-12-15(13-5-2,14-6-3)8-7-10-9-11-10;1-8-12(9-2,10-3)5-4-7-6-11-7/h10H,4-9H2,1-3H3;7H,4-6H2,1-3H3. The molecular formula is C17H38O8Si2. The molecule has 2 saturated heterocycles. The maximum Gasteiger partial charge on any atom is 0.501 e. The minimum absolute atomic E-state index is 0.414. The Kier molecular flexibility index (Phi) is 12.4. The summed E-state index contributed by atoms with van der Waals surface area (Å²) in [6.45, 7) is 9.65. The number of rotatable bonds is 15. The van der Waals surface area contributed by atoms with Crippen molar-refractivity contribution in [2.45, 2.75) is 57.9 Å². The first-order chi connectivity index (χ1) is 13.0. The van der Waals surface area contributed by atoms with E-state index in [9.17, 15) is 0 Å². The van der Waals surface area contributed by atoms with Crippen LogP contribution in [0.15, 0.2) is 0 Å². The quantitative estimate of drug-likeness (QED) is 0.292. The van der Waals surface area contributed by atoms with Gasteiger partial charge in [0, 0.05) is 53.2 Å². The van der Waals surface area contributed by atoms with Crippen molar-refractivity contribution in [2.24, 2.45) is 0 Å². The van der Waals surface area contributed by atoms with Gasteiger partial charge >= 0.3 is 17.6 Å². The Morgan fingerprint density at radius 3 is 1.26 bits per heavy atom. The SMILES string of the molecule is CCO[Si](CCC1CO1)(OCC)OCC.CO[Si](CCC1CO1)(OC)OC. The number of hydrogen-bond acceptors (Lipinski definition) is 8. The van der Waals surface area contributed by atoms with E-state index in [1.54, 1.807) is 21.3 Å². The summed E-state index contributed by atoms with van der Waals surface area (Å²) >= 11 is 0. The number of hydrogen-bond donors (Lipinski definition) is 0. The lowest BCUT2D eigenvalue weighted by Gasteiger charge is -2.28. The van der Waals surface area contributed by atoms with Crippen molar-refractivity contribution in [3.8, 4) is 0 Å². The molecule has 0 bridgehead atoms. The maximum atomic E-state index is 5.73. The van der Waals surface area contributed by atoms with Gasteiger partial charge in [-0.3, -0.25) is 0 Å². The van der Waals surface area contributed by atoms with Gasteiger partial charge in [-0.1, -0.05) is 0 Å². The Morgan fingerprint density at radius 2 is 1.00 bits per heavy atom. The van der Waals surface area contributed by atoms with Crippen LogP contribution in [0.4, 0.5) is 0 Å². The van der Waals surface area contributed by atoms with Crippen molar-refractivity contribution in [1.29, 1.82) is 0 Å². The zero-order valence-corrected chi connectivity index (χ0v) is 19.8. The van der Waals surface area contributed by atoms with Crippen molar-refractivity contribution in [3.05, 3.63) is 0 Å². The van der Waals surface area contributed by atoms with Gasteiger partial charge in [0.15, 0.2) is 0 Å². The van der Waals surface area contributed by atoms with Gasteiger partial charge in [0.1, 0.15) is 0 Å². The van der Waals surface area contributed by atoms with E-state index in [2.05, 4.69) is 0 Å². The molecular weight excluding hydrogens is 388 g/mol. The third-order valence-electron chi connectivity index (χ3n) is 4.38. The highest BCUT2D eigenvalue weighted by Crippen LogP contribution is 2.24. The molecule has 2 atom stereocenters. The fourth-order valence-corrected chi connectivity index (χ4v) is 7.17. The average molecular weight is 427 g/mol. The summed E-state index contributed by atoms with van der Waals surface area (Å²) in [4.78, 5) is 0. The predicted molar refractivity (Wildman–Crippen MR) is 106 cm³/mol. The van der Waals surface area contributed by atoms with Crippen LogP contribution in [0.25, 0.3) is 0 Å². The molecule has 0 saturated carbocycles. The summed E-state index contributed by atoms with van der Waals surface area (Å²) in [5.74, 6) is 0. The smallest absolute Gasteiger partial charge is 0.377 e. The minimum atomic E-state index is -2.40. The van der Waals surface area contributed by atoms with Gasteiger partial charge < -0.3 is 36.0 Å². The van der Waals surface area contributed by atoms with Crippen LogP contribution in [0.2, 0.25) is 12.1 Å². The average Bonchev–Trinajstić information content (AvgIpc) is 3.58. The molecule has 0 N–H and O–H groups in total. The molecule has 8 nitrogen and oxygen atoms in total. The second-order valence-corrected chi connectivity index (χ2v) is 12.1. The Bertz CT molecular complexity index is 351. The van der Waals surface area contributed by atoms with Gasteiger partial charge in [-0.05, 0) is 33.6 Å². The van der Waals surface area contributed by atoms with Crippen LogP contribution in [-0.2, 0) is 36.0 Å². The van der Waals surface area contributed by atoms with Gasteiger partial charge in [0.05, 0.1) is 25.4 Å². The first-order valence-electron chi connectivity index (χ1n) is 9.83. The van der Waals surface area contributed by atoms with E-state index in [0.717, 1.165) is 38.1 Å². The van der Waals surface area contributed by atoms with Crippen LogP contribution >= 0.6 is 0 Å². The highest BCUT2D eigenvalue weighted by atomic mass is 28.4. The molecule has 27 heavy (non-hydrogen) atoms.